The number of hydrogen-bond donors (Lipinski definition) is 0. The van der Waals surface area contributed by atoms with Crippen molar-refractivity contribution in [3.63, 3.8) is 0 Å². The van der Waals surface area contributed by atoms with Crippen LogP contribution in [-0.2, 0) is 0 Å². The Balaban J connectivity index is 1.18. The smallest absolute Gasteiger partial charge is 0.180 e. The van der Waals surface area contributed by atoms with Crippen LogP contribution in [0.5, 0.6) is 0 Å². The fraction of sp³-hybridized carbons (Fsp3) is 0. The summed E-state index contributed by atoms with van der Waals surface area (Å²) < 4.78 is 14.9. The van der Waals surface area contributed by atoms with E-state index >= 15 is 0 Å². The third-order valence-corrected chi connectivity index (χ3v) is 8.82. The monoisotopic (exact) mass is 577 g/mol. The Kier molecular flexibility index (Phi) is 4.93. The highest BCUT2D eigenvalue weighted by molar-refractivity contribution is 6.17. The zero-order valence-electron chi connectivity index (χ0n) is 23.9. The summed E-state index contributed by atoms with van der Waals surface area (Å²) in [5, 5.41) is 5.56. The van der Waals surface area contributed by atoms with Gasteiger partial charge in [0.25, 0.3) is 0 Å². The average Bonchev–Trinajstić information content (AvgIpc) is 3.76. The highest BCUT2D eigenvalue weighted by Crippen LogP contribution is 2.39. The molecule has 0 saturated heterocycles. The van der Waals surface area contributed by atoms with Crippen LogP contribution in [0.25, 0.3) is 94.1 Å². The van der Waals surface area contributed by atoms with Crippen LogP contribution < -0.4 is 0 Å². The number of rotatable bonds is 3. The van der Waals surface area contributed by atoms with Gasteiger partial charge in [0.2, 0.25) is 0 Å². The molecular weight excluding hydrogens is 554 g/mol. The predicted molar refractivity (Wildman–Crippen MR) is 182 cm³/mol. The maximum absolute atomic E-state index is 6.30. The summed E-state index contributed by atoms with van der Waals surface area (Å²) in [5.74, 6) is 0.660. The number of fused-ring (bicyclic) bond motifs is 9. The Morgan fingerprint density at radius 3 is 1.96 bits per heavy atom. The van der Waals surface area contributed by atoms with Crippen LogP contribution in [0.15, 0.2) is 148 Å². The summed E-state index contributed by atoms with van der Waals surface area (Å²) >= 11 is 0. The molecule has 0 aliphatic carbocycles. The Morgan fingerprint density at radius 1 is 0.444 bits per heavy atom. The summed E-state index contributed by atoms with van der Waals surface area (Å²) in [6.07, 6.45) is 0. The van der Waals surface area contributed by atoms with Gasteiger partial charge in [0.15, 0.2) is 11.4 Å². The van der Waals surface area contributed by atoms with Gasteiger partial charge in [-0.1, -0.05) is 78.9 Å². The van der Waals surface area contributed by atoms with Gasteiger partial charge < -0.3 is 13.4 Å². The minimum atomic E-state index is 0.660. The topological polar surface area (TPSA) is 57.0 Å². The van der Waals surface area contributed by atoms with Crippen molar-refractivity contribution in [2.45, 2.75) is 0 Å². The zero-order chi connectivity index (χ0) is 29.5. The standard InChI is InChI=1S/C40H23N3O2/c1-2-10-24(11-3-1)37-39-38(29-14-6-9-17-35(29)45-39)42-40(41-37)25-18-20-26(21-19-25)43-32-15-7-4-12-27(32)30-23-36-31(22-33(30)43)28-13-5-8-16-34(28)44-36/h1-23H. The molecule has 5 heteroatoms. The lowest BCUT2D eigenvalue weighted by atomic mass is 10.1. The molecule has 6 aromatic carbocycles. The van der Waals surface area contributed by atoms with Gasteiger partial charge in [-0.05, 0) is 60.7 Å². The van der Waals surface area contributed by atoms with Gasteiger partial charge in [-0.3, -0.25) is 0 Å². The first-order chi connectivity index (χ1) is 22.3. The SMILES string of the molecule is c1ccc(-c2nc(-c3ccc(-n4c5ccccc5c5cc6oc7ccccc7c6cc54)cc3)nc3c2oc2ccccc23)cc1. The van der Waals surface area contributed by atoms with Crippen LogP contribution >= 0.6 is 0 Å². The third kappa shape index (κ3) is 3.55. The molecule has 4 aromatic heterocycles. The average molecular weight is 578 g/mol. The molecule has 0 unspecified atom stereocenters. The maximum atomic E-state index is 6.30. The van der Waals surface area contributed by atoms with E-state index in [2.05, 4.69) is 95.6 Å². The van der Waals surface area contributed by atoms with Gasteiger partial charge in [-0.25, -0.2) is 9.97 Å². The molecule has 0 spiro atoms. The van der Waals surface area contributed by atoms with Crippen molar-refractivity contribution in [3.8, 4) is 28.3 Å². The van der Waals surface area contributed by atoms with Gasteiger partial charge in [0.05, 0.1) is 11.0 Å². The van der Waals surface area contributed by atoms with E-state index in [1.807, 2.05) is 48.5 Å². The molecule has 0 bridgehead atoms. The van der Waals surface area contributed by atoms with Crippen molar-refractivity contribution < 1.29 is 8.83 Å². The Labute approximate surface area is 256 Å². The number of aromatic nitrogens is 3. The molecular formula is C40H23N3O2. The van der Waals surface area contributed by atoms with E-state index in [9.17, 15) is 0 Å². The summed E-state index contributed by atoms with van der Waals surface area (Å²) in [5.41, 5.74) is 10.2. The van der Waals surface area contributed by atoms with Gasteiger partial charge in [-0.15, -0.1) is 0 Å². The lowest BCUT2D eigenvalue weighted by Crippen LogP contribution is -1.96. The van der Waals surface area contributed by atoms with E-state index in [1.54, 1.807) is 0 Å². The van der Waals surface area contributed by atoms with Crippen LogP contribution in [0, 0.1) is 0 Å². The second kappa shape index (κ2) is 9.15. The van der Waals surface area contributed by atoms with Crippen LogP contribution in [0.2, 0.25) is 0 Å². The quantitative estimate of drug-likeness (QED) is 0.210. The van der Waals surface area contributed by atoms with Crippen molar-refractivity contribution in [2.75, 3.05) is 0 Å². The molecule has 0 amide bonds. The normalized spacial score (nSPS) is 12.0. The fourth-order valence-electron chi connectivity index (χ4n) is 6.74. The van der Waals surface area contributed by atoms with Gasteiger partial charge >= 0.3 is 0 Å². The highest BCUT2D eigenvalue weighted by Gasteiger charge is 2.19. The van der Waals surface area contributed by atoms with Crippen LogP contribution in [0.1, 0.15) is 0 Å². The third-order valence-electron chi connectivity index (χ3n) is 8.82. The van der Waals surface area contributed by atoms with E-state index in [0.717, 1.165) is 77.4 Å². The largest absolute Gasteiger partial charge is 0.456 e. The molecule has 0 radical (unpaired) electrons. The molecule has 0 fully saturated rings. The van der Waals surface area contributed by atoms with E-state index in [-0.39, 0.29) is 0 Å². The summed E-state index contributed by atoms with van der Waals surface area (Å²) in [7, 11) is 0. The van der Waals surface area contributed by atoms with Gasteiger partial charge in [0, 0.05) is 43.7 Å². The van der Waals surface area contributed by atoms with E-state index in [4.69, 9.17) is 18.8 Å². The fourth-order valence-corrected chi connectivity index (χ4v) is 6.74. The molecule has 10 rings (SSSR count). The van der Waals surface area contributed by atoms with Crippen molar-refractivity contribution in [3.05, 3.63) is 140 Å². The first-order valence-corrected chi connectivity index (χ1v) is 15.0. The van der Waals surface area contributed by atoms with Crippen LogP contribution in [0.3, 0.4) is 0 Å². The number of benzene rings is 6. The molecule has 45 heavy (non-hydrogen) atoms. The second-order valence-corrected chi connectivity index (χ2v) is 11.4. The van der Waals surface area contributed by atoms with Gasteiger partial charge in [-0.2, -0.15) is 0 Å². The minimum absolute atomic E-state index is 0.660. The Hall–Kier alpha value is -6.20. The van der Waals surface area contributed by atoms with E-state index in [1.165, 1.54) is 5.39 Å². The second-order valence-electron chi connectivity index (χ2n) is 11.4. The minimum Gasteiger partial charge on any atom is -0.456 e. The van der Waals surface area contributed by atoms with Crippen molar-refractivity contribution in [1.29, 1.82) is 0 Å². The van der Waals surface area contributed by atoms with Crippen LogP contribution in [-0.4, -0.2) is 14.5 Å². The number of nitrogens with zero attached hydrogens (tertiary/aromatic N) is 3. The molecule has 0 saturated carbocycles. The molecule has 5 nitrogen and oxygen atoms in total. The summed E-state index contributed by atoms with van der Waals surface area (Å²) in [6.45, 7) is 0. The number of hydrogen-bond acceptors (Lipinski definition) is 4. The lowest BCUT2D eigenvalue weighted by Gasteiger charge is -2.10. The molecule has 0 aliphatic heterocycles. The van der Waals surface area contributed by atoms with Crippen molar-refractivity contribution >= 4 is 65.8 Å². The van der Waals surface area contributed by atoms with E-state index < -0.39 is 0 Å². The summed E-state index contributed by atoms with van der Waals surface area (Å²) in [6, 6.07) is 47.9. The molecule has 10 aromatic rings. The van der Waals surface area contributed by atoms with Crippen molar-refractivity contribution in [1.82, 2.24) is 14.5 Å². The summed E-state index contributed by atoms with van der Waals surface area (Å²) in [4.78, 5) is 10.1. The first-order valence-electron chi connectivity index (χ1n) is 15.0. The molecule has 0 N–H and O–H groups in total. The number of furan rings is 2. The van der Waals surface area contributed by atoms with Crippen molar-refractivity contribution in [2.24, 2.45) is 0 Å². The molecule has 4 heterocycles. The maximum Gasteiger partial charge on any atom is 0.180 e. The highest BCUT2D eigenvalue weighted by atomic mass is 16.3. The molecule has 0 aliphatic rings. The lowest BCUT2D eigenvalue weighted by molar-refractivity contribution is 0.667. The number of para-hydroxylation sites is 3. The Morgan fingerprint density at radius 2 is 1.13 bits per heavy atom. The first kappa shape index (κ1) is 24.3. The molecule has 210 valence electrons. The van der Waals surface area contributed by atoms with E-state index in [0.29, 0.717) is 11.4 Å². The predicted octanol–water partition coefficient (Wildman–Crippen LogP) is 10.7. The zero-order valence-corrected chi connectivity index (χ0v) is 23.9. The van der Waals surface area contributed by atoms with Gasteiger partial charge in [0.1, 0.15) is 28.0 Å². The Bertz CT molecular complexity index is 2750. The van der Waals surface area contributed by atoms with Crippen LogP contribution in [0.4, 0.5) is 0 Å². The molecule has 0 atom stereocenters.